The number of carbonyl (C=O) groups excluding carboxylic acids is 1. The van der Waals surface area contributed by atoms with E-state index in [4.69, 9.17) is 0 Å². The summed E-state index contributed by atoms with van der Waals surface area (Å²) in [6.07, 6.45) is 3.70. The Bertz CT molecular complexity index is 831. The van der Waals surface area contributed by atoms with Crippen molar-refractivity contribution in [2.24, 2.45) is 5.92 Å². The molecule has 1 aromatic carbocycles. The molecular formula is C22H30N6O. The van der Waals surface area contributed by atoms with Crippen molar-refractivity contribution >= 4 is 23.1 Å². The molecule has 4 rings (SSSR count). The fourth-order valence-corrected chi connectivity index (χ4v) is 4.05. The smallest absolute Gasteiger partial charge is 0.272 e. The number of amides is 1. The molecule has 0 saturated carbocycles. The largest absolute Gasteiger partial charge is 0.369 e. The molecule has 2 saturated heterocycles. The van der Waals surface area contributed by atoms with Crippen molar-refractivity contribution in [3.63, 3.8) is 0 Å². The van der Waals surface area contributed by atoms with Crippen LogP contribution in [-0.2, 0) is 0 Å². The maximum absolute atomic E-state index is 12.8. The second-order valence-corrected chi connectivity index (χ2v) is 8.25. The van der Waals surface area contributed by atoms with E-state index in [2.05, 4.69) is 63.3 Å². The average Bonchev–Trinajstić information content (AvgIpc) is 2.75. The van der Waals surface area contributed by atoms with Gasteiger partial charge in [0.1, 0.15) is 17.8 Å². The molecule has 2 aliphatic rings. The Kier molecular flexibility index (Phi) is 5.94. The predicted octanol–water partition coefficient (Wildman–Crippen LogP) is 2.84. The topological polar surface area (TPSA) is 64.6 Å². The minimum atomic E-state index is -0.00702. The van der Waals surface area contributed by atoms with E-state index in [1.54, 1.807) is 6.07 Å². The van der Waals surface area contributed by atoms with Crippen molar-refractivity contribution in [3.8, 4) is 0 Å². The van der Waals surface area contributed by atoms with Crippen LogP contribution in [0.5, 0.6) is 0 Å². The van der Waals surface area contributed by atoms with Crippen LogP contribution < -0.4 is 10.2 Å². The van der Waals surface area contributed by atoms with Crippen LogP contribution in [0.15, 0.2) is 36.7 Å². The lowest BCUT2D eigenvalue weighted by molar-refractivity contribution is 0.0677. The van der Waals surface area contributed by atoms with Gasteiger partial charge in [0.15, 0.2) is 0 Å². The Balaban J connectivity index is 1.40. The van der Waals surface area contributed by atoms with Crippen molar-refractivity contribution in [1.82, 2.24) is 19.8 Å². The van der Waals surface area contributed by atoms with Crippen LogP contribution in [0.3, 0.4) is 0 Å². The molecule has 0 aliphatic carbocycles. The molecule has 1 aromatic heterocycles. The fourth-order valence-electron chi connectivity index (χ4n) is 4.05. The van der Waals surface area contributed by atoms with Gasteiger partial charge in [-0.25, -0.2) is 9.97 Å². The summed E-state index contributed by atoms with van der Waals surface area (Å²) in [5, 5.41) is 3.30. The lowest BCUT2D eigenvalue weighted by atomic mass is 10.00. The molecule has 7 heteroatoms. The van der Waals surface area contributed by atoms with Gasteiger partial charge in [-0.3, -0.25) is 4.79 Å². The highest BCUT2D eigenvalue weighted by molar-refractivity contribution is 5.93. The van der Waals surface area contributed by atoms with Crippen LogP contribution in [0.1, 0.15) is 30.3 Å². The summed E-state index contributed by atoms with van der Waals surface area (Å²) in [5.41, 5.74) is 2.64. The molecule has 29 heavy (non-hydrogen) atoms. The summed E-state index contributed by atoms with van der Waals surface area (Å²) in [7, 11) is 2.16. The van der Waals surface area contributed by atoms with Gasteiger partial charge >= 0.3 is 0 Å². The number of rotatable bonds is 4. The van der Waals surface area contributed by atoms with Crippen molar-refractivity contribution in [1.29, 1.82) is 0 Å². The number of anilines is 3. The number of hydrogen-bond donors (Lipinski definition) is 1. The predicted molar refractivity (Wildman–Crippen MR) is 116 cm³/mol. The van der Waals surface area contributed by atoms with Crippen LogP contribution in [0, 0.1) is 5.92 Å². The molecular weight excluding hydrogens is 364 g/mol. The number of nitrogens with one attached hydrogen (secondary N) is 1. The SMILES string of the molecule is CC1CCCN(C(=O)c2cc(Nc3ccc(N4CCN(C)CC4)cc3)ncn2)C1. The van der Waals surface area contributed by atoms with Crippen LogP contribution in [-0.4, -0.2) is 72.0 Å². The highest BCUT2D eigenvalue weighted by atomic mass is 16.2. The number of aromatic nitrogens is 2. The molecule has 7 nitrogen and oxygen atoms in total. The zero-order valence-corrected chi connectivity index (χ0v) is 17.3. The summed E-state index contributed by atoms with van der Waals surface area (Å²) in [5.74, 6) is 1.18. The number of likely N-dealkylation sites (N-methyl/N-ethyl adjacent to an activating group) is 1. The highest BCUT2D eigenvalue weighted by Gasteiger charge is 2.23. The van der Waals surface area contributed by atoms with Crippen LogP contribution in [0.2, 0.25) is 0 Å². The van der Waals surface area contributed by atoms with Crippen LogP contribution >= 0.6 is 0 Å². The second-order valence-electron chi connectivity index (χ2n) is 8.25. The number of nitrogens with zero attached hydrogens (tertiary/aromatic N) is 5. The third-order valence-corrected chi connectivity index (χ3v) is 5.84. The van der Waals surface area contributed by atoms with E-state index in [1.165, 1.54) is 18.4 Å². The molecule has 1 N–H and O–H groups in total. The monoisotopic (exact) mass is 394 g/mol. The highest BCUT2D eigenvalue weighted by Crippen LogP contribution is 2.22. The third-order valence-electron chi connectivity index (χ3n) is 5.84. The van der Waals surface area contributed by atoms with E-state index in [9.17, 15) is 4.79 Å². The van der Waals surface area contributed by atoms with E-state index < -0.39 is 0 Å². The van der Waals surface area contributed by atoms with Crippen LogP contribution in [0.25, 0.3) is 0 Å². The minimum absolute atomic E-state index is 0.00702. The molecule has 0 radical (unpaired) electrons. The molecule has 154 valence electrons. The second kappa shape index (κ2) is 8.78. The number of hydrogen-bond acceptors (Lipinski definition) is 6. The number of benzene rings is 1. The maximum Gasteiger partial charge on any atom is 0.272 e. The molecule has 2 aromatic rings. The Morgan fingerprint density at radius 3 is 2.55 bits per heavy atom. The van der Waals surface area contributed by atoms with Crippen LogP contribution in [0.4, 0.5) is 17.2 Å². The summed E-state index contributed by atoms with van der Waals surface area (Å²) < 4.78 is 0. The molecule has 3 heterocycles. The number of carbonyl (C=O) groups is 1. The molecule has 1 unspecified atom stereocenters. The number of piperidine rings is 1. The average molecular weight is 395 g/mol. The lowest BCUT2D eigenvalue weighted by Crippen LogP contribution is -2.44. The van der Waals surface area contributed by atoms with Gasteiger partial charge in [-0.1, -0.05) is 6.92 Å². The van der Waals surface area contributed by atoms with E-state index >= 15 is 0 Å². The normalized spacial score (nSPS) is 20.6. The Hall–Kier alpha value is -2.67. The Labute approximate surface area is 172 Å². The quantitative estimate of drug-likeness (QED) is 0.860. The standard InChI is InChI=1S/C22H30N6O/c1-17-4-3-9-28(15-17)22(29)20-14-21(24-16-23-20)25-18-5-7-19(8-6-18)27-12-10-26(2)11-13-27/h5-8,14,16-17H,3-4,9-13,15H2,1-2H3,(H,23,24,25). The Morgan fingerprint density at radius 2 is 1.83 bits per heavy atom. The zero-order chi connectivity index (χ0) is 20.2. The van der Waals surface area contributed by atoms with Gasteiger partial charge in [0.2, 0.25) is 0 Å². The maximum atomic E-state index is 12.8. The molecule has 2 aliphatic heterocycles. The third kappa shape index (κ3) is 4.85. The lowest BCUT2D eigenvalue weighted by Gasteiger charge is -2.34. The first-order chi connectivity index (χ1) is 14.1. The van der Waals surface area contributed by atoms with Crippen molar-refractivity contribution in [2.45, 2.75) is 19.8 Å². The fraction of sp³-hybridized carbons (Fsp3) is 0.500. The van der Waals surface area contributed by atoms with E-state index in [0.717, 1.165) is 51.4 Å². The van der Waals surface area contributed by atoms with Gasteiger partial charge in [0, 0.05) is 56.7 Å². The zero-order valence-electron chi connectivity index (χ0n) is 17.3. The van der Waals surface area contributed by atoms with E-state index in [0.29, 0.717) is 17.4 Å². The van der Waals surface area contributed by atoms with Crippen molar-refractivity contribution in [2.75, 3.05) is 56.5 Å². The first-order valence-electron chi connectivity index (χ1n) is 10.5. The molecule has 1 amide bonds. The minimum Gasteiger partial charge on any atom is -0.369 e. The summed E-state index contributed by atoms with van der Waals surface area (Å²) in [6.45, 7) is 8.09. The van der Waals surface area contributed by atoms with Gasteiger partial charge in [-0.15, -0.1) is 0 Å². The van der Waals surface area contributed by atoms with E-state index in [-0.39, 0.29) is 5.91 Å². The molecule has 1 atom stereocenters. The van der Waals surface area contributed by atoms with Gasteiger partial charge in [0.25, 0.3) is 5.91 Å². The Morgan fingerprint density at radius 1 is 1.07 bits per heavy atom. The van der Waals surface area contributed by atoms with Gasteiger partial charge in [0.05, 0.1) is 0 Å². The molecule has 0 spiro atoms. The van der Waals surface area contributed by atoms with Crippen molar-refractivity contribution < 1.29 is 4.79 Å². The van der Waals surface area contributed by atoms with Gasteiger partial charge < -0.3 is 20.0 Å². The first-order valence-corrected chi connectivity index (χ1v) is 10.5. The number of piperazine rings is 1. The van der Waals surface area contributed by atoms with Crippen molar-refractivity contribution in [3.05, 3.63) is 42.4 Å². The summed E-state index contributed by atoms with van der Waals surface area (Å²) in [4.78, 5) is 28.0. The molecule has 0 bridgehead atoms. The summed E-state index contributed by atoms with van der Waals surface area (Å²) in [6, 6.07) is 10.1. The number of likely N-dealkylation sites (tertiary alicyclic amines) is 1. The first kappa shape index (κ1) is 19.6. The van der Waals surface area contributed by atoms with E-state index in [1.807, 2.05) is 4.90 Å². The van der Waals surface area contributed by atoms with Gasteiger partial charge in [-0.2, -0.15) is 0 Å². The van der Waals surface area contributed by atoms with Gasteiger partial charge in [-0.05, 0) is 50.1 Å². The molecule has 2 fully saturated rings. The summed E-state index contributed by atoms with van der Waals surface area (Å²) >= 11 is 0.